The van der Waals surface area contributed by atoms with Gasteiger partial charge in [0.1, 0.15) is 5.82 Å². The molecule has 0 aromatic carbocycles. The molecule has 1 aromatic heterocycles. The fourth-order valence-electron chi connectivity index (χ4n) is 2.38. The lowest BCUT2D eigenvalue weighted by molar-refractivity contribution is 0.420. The fourth-order valence-corrected chi connectivity index (χ4v) is 2.38. The second-order valence-corrected chi connectivity index (χ2v) is 4.30. The lowest BCUT2D eigenvalue weighted by Crippen LogP contribution is -2.19. The molecule has 0 fully saturated rings. The van der Waals surface area contributed by atoms with E-state index in [0.29, 0.717) is 0 Å². The highest BCUT2D eigenvalue weighted by atomic mass is 15.1. The molecule has 0 radical (unpaired) electrons. The molecule has 1 atom stereocenters. The molecule has 0 saturated heterocycles. The van der Waals surface area contributed by atoms with Gasteiger partial charge in [0.25, 0.3) is 0 Å². The van der Waals surface area contributed by atoms with Gasteiger partial charge in [0.15, 0.2) is 0 Å². The normalized spacial score (nSPS) is 20.9. The Labute approximate surface area is 85.3 Å². The van der Waals surface area contributed by atoms with E-state index < -0.39 is 0 Å². The average Bonchev–Trinajstić information content (AvgIpc) is 2.45. The first kappa shape index (κ1) is 9.71. The molecule has 1 aromatic rings. The molecule has 0 bridgehead atoms. The van der Waals surface area contributed by atoms with Gasteiger partial charge in [-0.1, -0.05) is 0 Å². The third kappa shape index (κ3) is 1.57. The number of hydrogen-bond donors (Lipinski definition) is 1. The second kappa shape index (κ2) is 3.73. The van der Waals surface area contributed by atoms with Crippen molar-refractivity contribution in [2.75, 3.05) is 6.54 Å². The summed E-state index contributed by atoms with van der Waals surface area (Å²) in [5.74, 6) is 1.92. The second-order valence-electron chi connectivity index (χ2n) is 4.30. The third-order valence-electron chi connectivity index (χ3n) is 3.37. The molecule has 1 heterocycles. The van der Waals surface area contributed by atoms with Crippen LogP contribution in [0, 0.1) is 12.8 Å². The lowest BCUT2D eigenvalue weighted by Gasteiger charge is -2.21. The molecule has 1 unspecified atom stereocenters. The van der Waals surface area contributed by atoms with Gasteiger partial charge in [0.05, 0.1) is 5.69 Å². The lowest BCUT2D eigenvalue weighted by atomic mass is 9.87. The Bertz CT molecular complexity index is 328. The van der Waals surface area contributed by atoms with Crippen LogP contribution in [0.4, 0.5) is 0 Å². The molecule has 3 heteroatoms. The molecular weight excluding hydrogens is 174 g/mol. The largest absolute Gasteiger partial charge is 0.335 e. The Morgan fingerprint density at radius 2 is 2.36 bits per heavy atom. The maximum absolute atomic E-state index is 5.60. The molecule has 0 saturated carbocycles. The molecule has 0 aliphatic heterocycles. The van der Waals surface area contributed by atoms with E-state index in [2.05, 4.69) is 23.5 Å². The smallest absolute Gasteiger partial charge is 0.105 e. The van der Waals surface area contributed by atoms with Crippen molar-refractivity contribution in [2.24, 2.45) is 18.7 Å². The number of nitrogens with zero attached hydrogens (tertiary/aromatic N) is 2. The van der Waals surface area contributed by atoms with E-state index in [0.717, 1.165) is 31.1 Å². The molecule has 78 valence electrons. The predicted molar refractivity (Wildman–Crippen MR) is 57.1 cm³/mol. The summed E-state index contributed by atoms with van der Waals surface area (Å²) in [5, 5.41) is 0. The fraction of sp³-hybridized carbons (Fsp3) is 0.727. The molecule has 2 N–H and O–H groups in total. The van der Waals surface area contributed by atoms with Crippen LogP contribution >= 0.6 is 0 Å². The molecule has 3 nitrogen and oxygen atoms in total. The van der Waals surface area contributed by atoms with Crippen LogP contribution in [0.5, 0.6) is 0 Å². The van der Waals surface area contributed by atoms with Crippen LogP contribution in [0.15, 0.2) is 0 Å². The van der Waals surface area contributed by atoms with Crippen molar-refractivity contribution in [3.63, 3.8) is 0 Å². The van der Waals surface area contributed by atoms with Crippen LogP contribution < -0.4 is 5.73 Å². The van der Waals surface area contributed by atoms with E-state index in [1.165, 1.54) is 24.2 Å². The van der Waals surface area contributed by atoms with Crippen molar-refractivity contribution in [2.45, 2.75) is 32.6 Å². The zero-order chi connectivity index (χ0) is 10.1. The average molecular weight is 193 g/mol. The molecule has 1 aliphatic carbocycles. The minimum atomic E-state index is 0.780. The van der Waals surface area contributed by atoms with Crippen LogP contribution in [0.1, 0.15) is 30.1 Å². The van der Waals surface area contributed by atoms with Crippen LogP contribution in [0.2, 0.25) is 0 Å². The topological polar surface area (TPSA) is 43.8 Å². The Kier molecular flexibility index (Phi) is 2.59. The monoisotopic (exact) mass is 193 g/mol. The standard InChI is InChI=1S/C11H19N3/c1-8-13-10-4-3-9(5-6-12)7-11(10)14(8)2/h9H,3-7,12H2,1-2H3. The molecule has 0 spiro atoms. The summed E-state index contributed by atoms with van der Waals surface area (Å²) in [6.45, 7) is 2.90. The highest BCUT2D eigenvalue weighted by Gasteiger charge is 2.22. The van der Waals surface area contributed by atoms with Crippen LogP contribution in [-0.4, -0.2) is 16.1 Å². The van der Waals surface area contributed by atoms with E-state index in [9.17, 15) is 0 Å². The van der Waals surface area contributed by atoms with E-state index in [1.807, 2.05) is 0 Å². The van der Waals surface area contributed by atoms with E-state index in [4.69, 9.17) is 5.73 Å². The Hall–Kier alpha value is -0.830. The summed E-state index contributed by atoms with van der Waals surface area (Å²) >= 11 is 0. The van der Waals surface area contributed by atoms with Crippen molar-refractivity contribution in [3.8, 4) is 0 Å². The number of rotatable bonds is 2. The Morgan fingerprint density at radius 3 is 3.07 bits per heavy atom. The first-order valence-electron chi connectivity index (χ1n) is 5.43. The maximum Gasteiger partial charge on any atom is 0.105 e. The number of hydrogen-bond acceptors (Lipinski definition) is 2. The van der Waals surface area contributed by atoms with Crippen molar-refractivity contribution in [3.05, 3.63) is 17.2 Å². The van der Waals surface area contributed by atoms with Gasteiger partial charge in [0, 0.05) is 12.7 Å². The van der Waals surface area contributed by atoms with Gasteiger partial charge in [-0.3, -0.25) is 0 Å². The molecule has 14 heavy (non-hydrogen) atoms. The van der Waals surface area contributed by atoms with Gasteiger partial charge in [-0.15, -0.1) is 0 Å². The summed E-state index contributed by atoms with van der Waals surface area (Å²) in [6, 6.07) is 0. The molecular formula is C11H19N3. The summed E-state index contributed by atoms with van der Waals surface area (Å²) < 4.78 is 2.23. The number of aryl methyl sites for hydroxylation is 2. The van der Waals surface area contributed by atoms with E-state index in [-0.39, 0.29) is 0 Å². The molecule has 0 amide bonds. The number of fused-ring (bicyclic) bond motifs is 1. The summed E-state index contributed by atoms with van der Waals surface area (Å²) in [7, 11) is 2.12. The van der Waals surface area contributed by atoms with Crippen LogP contribution in [-0.2, 0) is 19.9 Å². The third-order valence-corrected chi connectivity index (χ3v) is 3.37. The molecule has 2 rings (SSSR count). The number of aromatic nitrogens is 2. The van der Waals surface area contributed by atoms with Crippen molar-refractivity contribution < 1.29 is 0 Å². The zero-order valence-corrected chi connectivity index (χ0v) is 9.08. The zero-order valence-electron chi connectivity index (χ0n) is 9.08. The minimum Gasteiger partial charge on any atom is -0.335 e. The highest BCUT2D eigenvalue weighted by molar-refractivity contribution is 5.20. The minimum absolute atomic E-state index is 0.780. The van der Waals surface area contributed by atoms with Crippen LogP contribution in [0.3, 0.4) is 0 Å². The number of nitrogens with two attached hydrogens (primary N) is 1. The van der Waals surface area contributed by atoms with Crippen LogP contribution in [0.25, 0.3) is 0 Å². The Morgan fingerprint density at radius 1 is 1.57 bits per heavy atom. The van der Waals surface area contributed by atoms with Gasteiger partial charge in [-0.2, -0.15) is 0 Å². The first-order chi connectivity index (χ1) is 6.72. The number of imidazole rings is 1. The van der Waals surface area contributed by atoms with Crippen molar-refractivity contribution in [1.29, 1.82) is 0 Å². The van der Waals surface area contributed by atoms with Gasteiger partial charge < -0.3 is 10.3 Å². The predicted octanol–water partition coefficient (Wildman–Crippen LogP) is 1.18. The first-order valence-corrected chi connectivity index (χ1v) is 5.43. The SMILES string of the molecule is Cc1nc2c(n1C)CC(CCN)CC2. The van der Waals surface area contributed by atoms with Gasteiger partial charge in [-0.25, -0.2) is 4.98 Å². The summed E-state index contributed by atoms with van der Waals surface area (Å²) in [5.41, 5.74) is 8.36. The van der Waals surface area contributed by atoms with Gasteiger partial charge in [-0.05, 0) is 45.1 Å². The van der Waals surface area contributed by atoms with Crippen molar-refractivity contribution >= 4 is 0 Å². The van der Waals surface area contributed by atoms with Crippen molar-refractivity contribution in [1.82, 2.24) is 9.55 Å². The van der Waals surface area contributed by atoms with E-state index >= 15 is 0 Å². The van der Waals surface area contributed by atoms with Gasteiger partial charge in [0.2, 0.25) is 0 Å². The maximum atomic E-state index is 5.60. The summed E-state index contributed by atoms with van der Waals surface area (Å²) in [4.78, 5) is 4.58. The van der Waals surface area contributed by atoms with Gasteiger partial charge >= 0.3 is 0 Å². The van der Waals surface area contributed by atoms with E-state index in [1.54, 1.807) is 0 Å². The molecule has 1 aliphatic rings. The Balaban J connectivity index is 2.20. The quantitative estimate of drug-likeness (QED) is 0.766. The summed E-state index contributed by atoms with van der Waals surface area (Å²) in [6.07, 6.45) is 4.73. The highest BCUT2D eigenvalue weighted by Crippen LogP contribution is 2.27.